The standard InChI is InChI=1S/C15H30N4O2S.HI/c1-5-6-12(18-14(20)21-15(2,3)4)11-17-13(16)19-7-9-22-10-8-19;/h12H,5-11H2,1-4H3,(H2,16,17)(H,18,20);1H. The molecule has 0 aromatic rings. The van der Waals surface area contributed by atoms with Crippen molar-refractivity contribution in [1.82, 2.24) is 10.2 Å². The number of hydrogen-bond donors (Lipinski definition) is 2. The number of guanidine groups is 1. The highest BCUT2D eigenvalue weighted by Crippen LogP contribution is 2.10. The van der Waals surface area contributed by atoms with Gasteiger partial charge in [0.05, 0.1) is 12.6 Å². The molecule has 0 aromatic heterocycles. The number of nitrogens with two attached hydrogens (primary N) is 1. The lowest BCUT2D eigenvalue weighted by Gasteiger charge is -2.28. The highest BCUT2D eigenvalue weighted by Gasteiger charge is 2.19. The van der Waals surface area contributed by atoms with E-state index in [2.05, 4.69) is 22.1 Å². The molecule has 0 bridgehead atoms. The first-order valence-corrected chi connectivity index (χ1v) is 9.09. The number of halogens is 1. The third-order valence-electron chi connectivity index (χ3n) is 3.17. The number of alkyl carbamates (subject to hydrolysis) is 1. The average molecular weight is 458 g/mol. The van der Waals surface area contributed by atoms with Crippen molar-refractivity contribution < 1.29 is 9.53 Å². The second-order valence-electron chi connectivity index (χ2n) is 6.43. The average Bonchev–Trinajstić information content (AvgIpc) is 2.43. The number of amides is 1. The van der Waals surface area contributed by atoms with Gasteiger partial charge in [0, 0.05) is 24.6 Å². The summed E-state index contributed by atoms with van der Waals surface area (Å²) in [5, 5.41) is 2.89. The van der Waals surface area contributed by atoms with Crippen LogP contribution in [0.5, 0.6) is 0 Å². The summed E-state index contributed by atoms with van der Waals surface area (Å²) in [7, 11) is 0. The molecular weight excluding hydrogens is 427 g/mol. The second-order valence-corrected chi connectivity index (χ2v) is 7.65. The molecule has 8 heteroatoms. The Bertz CT molecular complexity index is 382. The summed E-state index contributed by atoms with van der Waals surface area (Å²) in [5.41, 5.74) is 5.56. The molecule has 6 nitrogen and oxygen atoms in total. The quantitative estimate of drug-likeness (QED) is 0.376. The monoisotopic (exact) mass is 458 g/mol. The van der Waals surface area contributed by atoms with Gasteiger partial charge in [-0.05, 0) is 27.2 Å². The number of hydrogen-bond acceptors (Lipinski definition) is 4. The van der Waals surface area contributed by atoms with Crippen LogP contribution in [0.3, 0.4) is 0 Å². The first-order chi connectivity index (χ1) is 10.3. The van der Waals surface area contributed by atoms with E-state index < -0.39 is 11.7 Å². The summed E-state index contributed by atoms with van der Waals surface area (Å²) >= 11 is 1.94. The largest absolute Gasteiger partial charge is 0.444 e. The van der Waals surface area contributed by atoms with Gasteiger partial charge in [0.1, 0.15) is 5.60 Å². The zero-order chi connectivity index (χ0) is 16.6. The molecule has 1 saturated heterocycles. The molecule has 3 N–H and O–H groups in total. The fraction of sp³-hybridized carbons (Fsp3) is 0.867. The van der Waals surface area contributed by atoms with Crippen molar-refractivity contribution >= 4 is 47.8 Å². The first kappa shape index (κ1) is 22.6. The molecule has 1 atom stereocenters. The van der Waals surface area contributed by atoms with Crippen LogP contribution in [-0.4, -0.2) is 59.7 Å². The van der Waals surface area contributed by atoms with Gasteiger partial charge in [-0.1, -0.05) is 13.3 Å². The zero-order valence-corrected chi connectivity index (χ0v) is 17.8. The summed E-state index contributed by atoms with van der Waals surface area (Å²) in [6.45, 7) is 10.0. The van der Waals surface area contributed by atoms with Crippen LogP contribution >= 0.6 is 35.7 Å². The van der Waals surface area contributed by atoms with E-state index in [4.69, 9.17) is 10.5 Å². The molecule has 1 amide bonds. The Labute approximate surface area is 161 Å². The summed E-state index contributed by atoms with van der Waals surface area (Å²) in [5.74, 6) is 2.75. The Kier molecular flexibility index (Phi) is 11.0. The van der Waals surface area contributed by atoms with Crippen LogP contribution in [0.2, 0.25) is 0 Å². The highest BCUT2D eigenvalue weighted by molar-refractivity contribution is 14.0. The van der Waals surface area contributed by atoms with Crippen molar-refractivity contribution in [3.63, 3.8) is 0 Å². The van der Waals surface area contributed by atoms with Gasteiger partial charge in [-0.3, -0.25) is 4.99 Å². The maximum absolute atomic E-state index is 11.9. The fourth-order valence-corrected chi connectivity index (χ4v) is 3.03. The van der Waals surface area contributed by atoms with Gasteiger partial charge in [-0.2, -0.15) is 11.8 Å². The van der Waals surface area contributed by atoms with E-state index in [0.717, 1.165) is 37.4 Å². The van der Waals surface area contributed by atoms with Crippen LogP contribution < -0.4 is 11.1 Å². The van der Waals surface area contributed by atoms with Gasteiger partial charge in [-0.25, -0.2) is 4.79 Å². The first-order valence-electron chi connectivity index (χ1n) is 7.94. The minimum Gasteiger partial charge on any atom is -0.444 e. The Morgan fingerprint density at radius 1 is 1.39 bits per heavy atom. The molecule has 1 aliphatic heterocycles. The number of carbonyl (C=O) groups is 1. The smallest absolute Gasteiger partial charge is 0.407 e. The van der Waals surface area contributed by atoms with Gasteiger partial charge in [0.15, 0.2) is 5.96 Å². The number of rotatable bonds is 5. The van der Waals surface area contributed by atoms with Crippen molar-refractivity contribution in [3.8, 4) is 0 Å². The molecule has 1 rings (SSSR count). The van der Waals surface area contributed by atoms with Crippen LogP contribution in [0.1, 0.15) is 40.5 Å². The lowest BCUT2D eigenvalue weighted by molar-refractivity contribution is 0.0503. The number of thioether (sulfide) groups is 1. The second kappa shape index (κ2) is 11.2. The van der Waals surface area contributed by atoms with E-state index in [0.29, 0.717) is 12.5 Å². The Hall–Kier alpha value is -0.380. The molecule has 136 valence electrons. The van der Waals surface area contributed by atoms with Crippen LogP contribution in [-0.2, 0) is 4.74 Å². The van der Waals surface area contributed by atoms with Crippen LogP contribution in [0.4, 0.5) is 4.79 Å². The van der Waals surface area contributed by atoms with Crippen LogP contribution in [0.25, 0.3) is 0 Å². The molecule has 0 aliphatic carbocycles. The van der Waals surface area contributed by atoms with E-state index in [1.165, 1.54) is 0 Å². The SMILES string of the molecule is CCCC(CN=C(N)N1CCSCC1)NC(=O)OC(C)(C)C.I. The summed E-state index contributed by atoms with van der Waals surface area (Å²) in [6.07, 6.45) is 1.43. The van der Waals surface area contributed by atoms with Crippen molar-refractivity contribution in [2.75, 3.05) is 31.1 Å². The van der Waals surface area contributed by atoms with Crippen LogP contribution in [0.15, 0.2) is 4.99 Å². The van der Waals surface area contributed by atoms with Crippen molar-refractivity contribution in [2.45, 2.75) is 52.2 Å². The molecule has 0 aromatic carbocycles. The van der Waals surface area contributed by atoms with Gasteiger partial charge in [-0.15, -0.1) is 24.0 Å². The van der Waals surface area contributed by atoms with Crippen molar-refractivity contribution in [1.29, 1.82) is 0 Å². The van der Waals surface area contributed by atoms with E-state index in [1.54, 1.807) is 0 Å². The number of ether oxygens (including phenoxy) is 1. The molecular formula is C15H31IN4O2S. The lowest BCUT2D eigenvalue weighted by atomic mass is 10.1. The molecule has 1 fully saturated rings. The van der Waals surface area contributed by atoms with E-state index in [1.807, 2.05) is 32.5 Å². The molecule has 0 radical (unpaired) electrons. The molecule has 1 heterocycles. The van der Waals surface area contributed by atoms with E-state index in [-0.39, 0.29) is 30.0 Å². The third kappa shape index (κ3) is 10.2. The topological polar surface area (TPSA) is 80.0 Å². The van der Waals surface area contributed by atoms with Gasteiger partial charge in [0.2, 0.25) is 0 Å². The normalized spacial score (nSPS) is 17.2. The van der Waals surface area contributed by atoms with Gasteiger partial charge in [0.25, 0.3) is 0 Å². The Morgan fingerprint density at radius 2 is 2.00 bits per heavy atom. The van der Waals surface area contributed by atoms with Gasteiger partial charge < -0.3 is 20.7 Å². The zero-order valence-electron chi connectivity index (χ0n) is 14.6. The van der Waals surface area contributed by atoms with Gasteiger partial charge >= 0.3 is 6.09 Å². The number of aliphatic imine (C=N–C) groups is 1. The lowest BCUT2D eigenvalue weighted by Crippen LogP contribution is -2.44. The maximum Gasteiger partial charge on any atom is 0.407 e. The third-order valence-corrected chi connectivity index (χ3v) is 4.11. The molecule has 0 spiro atoms. The number of nitrogens with zero attached hydrogens (tertiary/aromatic N) is 2. The summed E-state index contributed by atoms with van der Waals surface area (Å²) in [6, 6.07) is -0.0439. The predicted molar refractivity (Wildman–Crippen MR) is 109 cm³/mol. The molecule has 1 unspecified atom stereocenters. The van der Waals surface area contributed by atoms with Crippen molar-refractivity contribution in [3.05, 3.63) is 0 Å². The summed E-state index contributed by atoms with van der Waals surface area (Å²) in [4.78, 5) is 18.4. The van der Waals surface area contributed by atoms with E-state index >= 15 is 0 Å². The highest BCUT2D eigenvalue weighted by atomic mass is 127. The predicted octanol–water partition coefficient (Wildman–Crippen LogP) is 2.66. The molecule has 1 aliphatic rings. The minimum absolute atomic E-state index is 0. The maximum atomic E-state index is 11.9. The number of nitrogens with one attached hydrogen (secondary N) is 1. The molecule has 0 saturated carbocycles. The summed E-state index contributed by atoms with van der Waals surface area (Å²) < 4.78 is 5.29. The Morgan fingerprint density at radius 3 is 2.52 bits per heavy atom. The van der Waals surface area contributed by atoms with Crippen LogP contribution in [0, 0.1) is 0 Å². The molecule has 23 heavy (non-hydrogen) atoms. The minimum atomic E-state index is -0.491. The number of carbonyl (C=O) groups excluding carboxylic acids is 1. The Balaban J connectivity index is 0.00000484. The van der Waals surface area contributed by atoms with Crippen molar-refractivity contribution in [2.24, 2.45) is 10.7 Å². The fourth-order valence-electron chi connectivity index (χ4n) is 2.13. The van der Waals surface area contributed by atoms with E-state index in [9.17, 15) is 4.79 Å².